The molecule has 0 saturated heterocycles. The van der Waals surface area contributed by atoms with Crippen molar-refractivity contribution >= 4 is 16.9 Å². The number of unbranched alkanes of at least 4 members (excludes halogenated alkanes) is 6. The molecule has 5 heteroatoms. The maximum atomic E-state index is 12.9. The largest absolute Gasteiger partial charge is 0.497 e. The molecule has 0 N–H and O–H groups in total. The number of carbonyl (C=O) groups is 1. The Morgan fingerprint density at radius 2 is 1.67 bits per heavy atom. The standard InChI is InChI=1S/C28H32O5/c1-3-4-5-6-7-8-9-10-11-27(29)33-24-16-17-25-26(19-24)32-20-22(28(25)30)18-21-12-14-23(31-2)15-13-21/h3,12-17,19-20H,1,4-11,18H2,2H3. The summed E-state index contributed by atoms with van der Waals surface area (Å²) in [6.07, 6.45) is 11.9. The molecule has 0 aliphatic carbocycles. The van der Waals surface area contributed by atoms with E-state index in [0.717, 1.165) is 37.0 Å². The molecule has 1 heterocycles. The lowest BCUT2D eigenvalue weighted by molar-refractivity contribution is -0.134. The van der Waals surface area contributed by atoms with Crippen LogP contribution in [0, 0.1) is 0 Å². The molecule has 0 atom stereocenters. The van der Waals surface area contributed by atoms with E-state index in [4.69, 9.17) is 13.9 Å². The van der Waals surface area contributed by atoms with Gasteiger partial charge in [-0.15, -0.1) is 6.58 Å². The van der Waals surface area contributed by atoms with Crippen molar-refractivity contribution < 1.29 is 18.7 Å². The number of ether oxygens (including phenoxy) is 2. The van der Waals surface area contributed by atoms with Gasteiger partial charge in [0.1, 0.15) is 17.1 Å². The number of hydrogen-bond donors (Lipinski definition) is 0. The number of fused-ring (bicyclic) bond motifs is 1. The average Bonchev–Trinajstić information content (AvgIpc) is 2.83. The number of benzene rings is 2. The van der Waals surface area contributed by atoms with Crippen molar-refractivity contribution in [2.24, 2.45) is 0 Å². The van der Waals surface area contributed by atoms with Crippen molar-refractivity contribution in [1.29, 1.82) is 0 Å². The van der Waals surface area contributed by atoms with Crippen molar-refractivity contribution in [2.45, 2.75) is 57.8 Å². The van der Waals surface area contributed by atoms with Gasteiger partial charge in [-0.2, -0.15) is 0 Å². The predicted octanol–water partition coefficient (Wildman–Crippen LogP) is 6.60. The van der Waals surface area contributed by atoms with Gasteiger partial charge in [0.2, 0.25) is 0 Å². The van der Waals surface area contributed by atoms with Crippen LogP contribution in [0.4, 0.5) is 0 Å². The van der Waals surface area contributed by atoms with Crippen molar-refractivity contribution in [3.05, 3.63) is 82.7 Å². The summed E-state index contributed by atoms with van der Waals surface area (Å²) in [7, 11) is 1.62. The van der Waals surface area contributed by atoms with Gasteiger partial charge in [-0.25, -0.2) is 0 Å². The van der Waals surface area contributed by atoms with Crippen LogP contribution in [0.2, 0.25) is 0 Å². The van der Waals surface area contributed by atoms with Crippen molar-refractivity contribution in [2.75, 3.05) is 7.11 Å². The van der Waals surface area contributed by atoms with Crippen LogP contribution >= 0.6 is 0 Å². The minimum atomic E-state index is -0.264. The zero-order chi connectivity index (χ0) is 23.5. The minimum Gasteiger partial charge on any atom is -0.497 e. The Labute approximate surface area is 195 Å². The molecule has 0 unspecified atom stereocenters. The molecule has 3 aromatic rings. The SMILES string of the molecule is C=CCCCCCCCCC(=O)Oc1ccc2c(=O)c(Cc3ccc(OC)cc3)coc2c1. The summed E-state index contributed by atoms with van der Waals surface area (Å²) in [5, 5.41) is 0.470. The molecule has 174 valence electrons. The number of rotatable bonds is 13. The first kappa shape index (κ1) is 24.3. The van der Waals surface area contributed by atoms with Gasteiger partial charge < -0.3 is 13.9 Å². The number of carbonyl (C=O) groups excluding carboxylic acids is 1. The molecule has 0 aliphatic heterocycles. The molecular formula is C28H32O5. The highest BCUT2D eigenvalue weighted by Gasteiger charge is 2.11. The Balaban J connectivity index is 1.53. The van der Waals surface area contributed by atoms with Crippen LogP contribution < -0.4 is 14.9 Å². The fourth-order valence-electron chi connectivity index (χ4n) is 3.75. The molecule has 0 radical (unpaired) electrons. The lowest BCUT2D eigenvalue weighted by Crippen LogP contribution is -2.10. The molecule has 0 saturated carbocycles. The van der Waals surface area contributed by atoms with Gasteiger partial charge in [0.25, 0.3) is 0 Å². The number of methoxy groups -OCH3 is 1. The molecule has 1 aromatic heterocycles. The van der Waals surface area contributed by atoms with E-state index in [1.807, 2.05) is 30.3 Å². The van der Waals surface area contributed by atoms with Gasteiger partial charge in [0, 0.05) is 24.5 Å². The molecular weight excluding hydrogens is 416 g/mol. The third kappa shape index (κ3) is 7.35. The molecule has 0 spiro atoms. The quantitative estimate of drug-likeness (QED) is 0.127. The van der Waals surface area contributed by atoms with E-state index < -0.39 is 0 Å². The topological polar surface area (TPSA) is 65.7 Å². The Morgan fingerprint density at radius 1 is 0.970 bits per heavy atom. The molecule has 0 aliphatic rings. The number of hydrogen-bond acceptors (Lipinski definition) is 5. The summed E-state index contributed by atoms with van der Waals surface area (Å²) >= 11 is 0. The van der Waals surface area contributed by atoms with Crippen LogP contribution in [0.1, 0.15) is 62.5 Å². The summed E-state index contributed by atoms with van der Waals surface area (Å²) in [5.74, 6) is 0.896. The molecule has 0 bridgehead atoms. The van der Waals surface area contributed by atoms with Gasteiger partial charge in [0.05, 0.1) is 18.8 Å². The van der Waals surface area contributed by atoms with Gasteiger partial charge in [-0.05, 0) is 49.1 Å². The van der Waals surface area contributed by atoms with Gasteiger partial charge in [0.15, 0.2) is 5.43 Å². The van der Waals surface area contributed by atoms with Crippen molar-refractivity contribution in [3.8, 4) is 11.5 Å². The molecule has 33 heavy (non-hydrogen) atoms. The van der Waals surface area contributed by atoms with E-state index >= 15 is 0 Å². The summed E-state index contributed by atoms with van der Waals surface area (Å²) < 4.78 is 16.3. The Bertz CT molecular complexity index is 1110. The monoisotopic (exact) mass is 448 g/mol. The van der Waals surface area contributed by atoms with Crippen LogP contribution in [0.25, 0.3) is 11.0 Å². The van der Waals surface area contributed by atoms with E-state index in [-0.39, 0.29) is 11.4 Å². The summed E-state index contributed by atoms with van der Waals surface area (Å²) in [5.41, 5.74) is 1.88. The smallest absolute Gasteiger partial charge is 0.311 e. The molecule has 3 rings (SSSR count). The van der Waals surface area contributed by atoms with E-state index in [1.54, 1.807) is 25.3 Å². The normalized spacial score (nSPS) is 10.8. The third-order valence-electron chi connectivity index (χ3n) is 5.64. The zero-order valence-electron chi connectivity index (χ0n) is 19.3. The van der Waals surface area contributed by atoms with Gasteiger partial charge >= 0.3 is 5.97 Å². The average molecular weight is 449 g/mol. The van der Waals surface area contributed by atoms with E-state index in [2.05, 4.69) is 6.58 Å². The zero-order valence-corrected chi connectivity index (χ0v) is 19.3. The number of esters is 1. The third-order valence-corrected chi connectivity index (χ3v) is 5.64. The molecule has 0 fully saturated rings. The highest BCUT2D eigenvalue weighted by Crippen LogP contribution is 2.21. The fraction of sp³-hybridized carbons (Fsp3) is 0.357. The second kappa shape index (κ2) is 12.6. The van der Waals surface area contributed by atoms with Crippen LogP contribution in [-0.4, -0.2) is 13.1 Å². The van der Waals surface area contributed by atoms with E-state index in [1.165, 1.54) is 25.5 Å². The Kier molecular flexibility index (Phi) is 9.31. The predicted molar refractivity (Wildman–Crippen MR) is 131 cm³/mol. The second-order valence-electron chi connectivity index (χ2n) is 8.20. The van der Waals surface area contributed by atoms with Crippen molar-refractivity contribution in [3.63, 3.8) is 0 Å². The number of allylic oxidation sites excluding steroid dienone is 1. The molecule has 2 aromatic carbocycles. The molecule has 0 amide bonds. The van der Waals surface area contributed by atoms with Crippen LogP contribution in [0.5, 0.6) is 11.5 Å². The first-order valence-electron chi connectivity index (χ1n) is 11.6. The first-order chi connectivity index (χ1) is 16.1. The highest BCUT2D eigenvalue weighted by atomic mass is 16.5. The lowest BCUT2D eigenvalue weighted by atomic mass is 10.0. The summed E-state index contributed by atoms with van der Waals surface area (Å²) in [6.45, 7) is 3.73. The first-order valence-corrected chi connectivity index (χ1v) is 11.6. The second-order valence-corrected chi connectivity index (χ2v) is 8.20. The Hall–Kier alpha value is -3.34. The Morgan fingerprint density at radius 3 is 2.39 bits per heavy atom. The van der Waals surface area contributed by atoms with Crippen LogP contribution in [0.3, 0.4) is 0 Å². The maximum Gasteiger partial charge on any atom is 0.311 e. The van der Waals surface area contributed by atoms with Crippen LogP contribution in [-0.2, 0) is 11.2 Å². The van der Waals surface area contributed by atoms with Crippen LogP contribution in [0.15, 0.2) is 70.6 Å². The van der Waals surface area contributed by atoms with Gasteiger partial charge in [-0.1, -0.05) is 43.9 Å². The fourth-order valence-corrected chi connectivity index (χ4v) is 3.75. The van der Waals surface area contributed by atoms with Gasteiger partial charge in [-0.3, -0.25) is 9.59 Å². The summed E-state index contributed by atoms with van der Waals surface area (Å²) in [6, 6.07) is 12.5. The minimum absolute atomic E-state index is 0.0852. The van der Waals surface area contributed by atoms with E-state index in [0.29, 0.717) is 35.1 Å². The summed E-state index contributed by atoms with van der Waals surface area (Å²) in [4.78, 5) is 25.0. The highest BCUT2D eigenvalue weighted by molar-refractivity contribution is 5.80. The van der Waals surface area contributed by atoms with E-state index in [9.17, 15) is 9.59 Å². The maximum absolute atomic E-state index is 12.9. The lowest BCUT2D eigenvalue weighted by Gasteiger charge is -2.07. The van der Waals surface area contributed by atoms with Crippen molar-refractivity contribution in [1.82, 2.24) is 0 Å². The molecule has 5 nitrogen and oxygen atoms in total.